The fourth-order valence-corrected chi connectivity index (χ4v) is 16.3. The number of hydrogen-bond acceptors (Lipinski definition) is 1. The number of halogens is 1. The molecular formula is C15H36BrNSi2. The average Bonchev–Trinajstić information content (AvgIpc) is 2.12. The first kappa shape index (κ1) is 19.9. The molecule has 0 heterocycles. The summed E-state index contributed by atoms with van der Waals surface area (Å²) in [6, 6.07) is 0. The summed E-state index contributed by atoms with van der Waals surface area (Å²) in [4.78, 5) is 0. The minimum atomic E-state index is -1.58. The van der Waals surface area contributed by atoms with Crippen LogP contribution >= 0.6 is 15.9 Å². The van der Waals surface area contributed by atoms with Gasteiger partial charge in [0.15, 0.2) is 0 Å². The molecule has 116 valence electrons. The van der Waals surface area contributed by atoms with Crippen molar-refractivity contribution in [3.8, 4) is 0 Å². The van der Waals surface area contributed by atoms with Crippen LogP contribution in [0, 0.1) is 0 Å². The van der Waals surface area contributed by atoms with Gasteiger partial charge in [0.2, 0.25) is 0 Å². The lowest BCUT2D eigenvalue weighted by atomic mass is 10.2. The molecule has 0 aromatic rings. The Bertz CT molecular complexity index is 270. The number of nitrogens with zero attached hydrogens (tertiary/aromatic N) is 1. The quantitative estimate of drug-likeness (QED) is 0.421. The van der Waals surface area contributed by atoms with Crippen molar-refractivity contribution in [2.75, 3.05) is 11.9 Å². The first-order valence-corrected chi connectivity index (χ1v) is 14.5. The monoisotopic (exact) mass is 365 g/mol. The molecular weight excluding hydrogens is 330 g/mol. The van der Waals surface area contributed by atoms with E-state index in [9.17, 15) is 0 Å². The molecule has 0 saturated carbocycles. The second-order valence-corrected chi connectivity index (χ2v) is 20.7. The van der Waals surface area contributed by atoms with Gasteiger partial charge in [-0.25, -0.2) is 0 Å². The van der Waals surface area contributed by atoms with Gasteiger partial charge in [-0.3, -0.25) is 0 Å². The van der Waals surface area contributed by atoms with E-state index in [2.05, 4.69) is 87.9 Å². The van der Waals surface area contributed by atoms with E-state index in [1.807, 2.05) is 0 Å². The van der Waals surface area contributed by atoms with E-state index in [0.29, 0.717) is 10.1 Å². The van der Waals surface area contributed by atoms with E-state index in [1.165, 1.54) is 13.0 Å². The lowest BCUT2D eigenvalue weighted by molar-refractivity contribution is 0.484. The molecule has 0 aromatic carbocycles. The topological polar surface area (TPSA) is 3.24 Å². The van der Waals surface area contributed by atoms with Gasteiger partial charge in [-0.15, -0.1) is 0 Å². The molecule has 19 heavy (non-hydrogen) atoms. The zero-order valence-electron chi connectivity index (χ0n) is 14.9. The van der Waals surface area contributed by atoms with E-state index in [-0.39, 0.29) is 0 Å². The molecule has 0 unspecified atom stereocenters. The van der Waals surface area contributed by atoms with Crippen LogP contribution in [0.1, 0.15) is 48.0 Å². The Balaban J connectivity index is 5.79. The molecule has 0 amide bonds. The van der Waals surface area contributed by atoms with Crippen LogP contribution in [0.15, 0.2) is 0 Å². The van der Waals surface area contributed by atoms with E-state index in [4.69, 9.17) is 0 Å². The first-order chi connectivity index (χ1) is 8.19. The summed E-state index contributed by atoms with van der Waals surface area (Å²) in [7, 11) is -2.89. The highest BCUT2D eigenvalue weighted by molar-refractivity contribution is 9.09. The summed E-state index contributed by atoms with van der Waals surface area (Å²) in [5.74, 6) is 0. The largest absolute Gasteiger partial charge is 0.345 e. The van der Waals surface area contributed by atoms with Crippen molar-refractivity contribution in [3.63, 3.8) is 0 Å². The minimum Gasteiger partial charge on any atom is -0.345 e. The summed E-state index contributed by atoms with van der Waals surface area (Å²) in [6.07, 6.45) is 1.26. The molecule has 4 heteroatoms. The third kappa shape index (κ3) is 4.42. The van der Waals surface area contributed by atoms with Crippen molar-refractivity contribution < 1.29 is 0 Å². The van der Waals surface area contributed by atoms with E-state index in [1.54, 1.807) is 0 Å². The van der Waals surface area contributed by atoms with E-state index >= 15 is 0 Å². The molecule has 1 nitrogen and oxygen atoms in total. The van der Waals surface area contributed by atoms with Crippen LogP contribution in [0.3, 0.4) is 0 Å². The molecule has 0 aromatic heterocycles. The standard InChI is InChI=1S/C15H36BrNSi2/c1-14(2,3)19(10,15(4,5)6)17(13-11-12-16)18(7,8)9/h11-13H2,1-10H3. The predicted octanol–water partition coefficient (Wildman–Crippen LogP) is 6.08. The highest BCUT2D eigenvalue weighted by Gasteiger charge is 2.55. The van der Waals surface area contributed by atoms with Crippen molar-refractivity contribution in [3.05, 3.63) is 0 Å². The highest BCUT2D eigenvalue weighted by Crippen LogP contribution is 2.53. The van der Waals surface area contributed by atoms with Gasteiger partial charge in [-0.1, -0.05) is 83.7 Å². The maximum absolute atomic E-state index is 3.62. The summed E-state index contributed by atoms with van der Waals surface area (Å²) >= 11 is 3.62. The van der Waals surface area contributed by atoms with Gasteiger partial charge >= 0.3 is 0 Å². The molecule has 0 aliphatic heterocycles. The van der Waals surface area contributed by atoms with Crippen LogP contribution in [0.25, 0.3) is 0 Å². The number of hydrogen-bond donors (Lipinski definition) is 0. The van der Waals surface area contributed by atoms with E-state index < -0.39 is 16.5 Å². The Kier molecular flexibility index (Phi) is 6.62. The van der Waals surface area contributed by atoms with Crippen LogP contribution in [0.5, 0.6) is 0 Å². The Labute approximate surface area is 132 Å². The van der Waals surface area contributed by atoms with Crippen LogP contribution < -0.4 is 0 Å². The molecule has 0 rings (SSSR count). The maximum Gasteiger partial charge on any atom is 0.129 e. The maximum atomic E-state index is 3.62. The molecule has 0 N–H and O–H groups in total. The van der Waals surface area contributed by atoms with Gasteiger partial charge in [0.25, 0.3) is 0 Å². The molecule has 0 saturated heterocycles. The smallest absolute Gasteiger partial charge is 0.129 e. The molecule has 0 atom stereocenters. The molecule has 0 radical (unpaired) electrons. The Morgan fingerprint density at radius 1 is 0.842 bits per heavy atom. The van der Waals surface area contributed by atoms with Crippen molar-refractivity contribution in [1.29, 1.82) is 0 Å². The molecule has 0 spiro atoms. The fraction of sp³-hybridized carbons (Fsp3) is 1.00. The lowest BCUT2D eigenvalue weighted by Crippen LogP contribution is -2.70. The predicted molar refractivity (Wildman–Crippen MR) is 99.5 cm³/mol. The highest BCUT2D eigenvalue weighted by atomic mass is 79.9. The second kappa shape index (κ2) is 6.33. The lowest BCUT2D eigenvalue weighted by Gasteiger charge is -2.60. The van der Waals surface area contributed by atoms with Gasteiger partial charge in [0.1, 0.15) is 16.5 Å². The van der Waals surface area contributed by atoms with E-state index in [0.717, 1.165) is 5.33 Å². The summed E-state index contributed by atoms with van der Waals surface area (Å²) in [5, 5.41) is 1.92. The Hall–Kier alpha value is 0.874. The summed E-state index contributed by atoms with van der Waals surface area (Å²) in [6.45, 7) is 26.2. The minimum absolute atomic E-state index is 0.401. The summed E-state index contributed by atoms with van der Waals surface area (Å²) in [5.41, 5.74) is 0. The third-order valence-corrected chi connectivity index (χ3v) is 17.7. The van der Waals surface area contributed by atoms with Crippen LogP contribution in [-0.4, -0.2) is 32.6 Å². The molecule has 0 aliphatic rings. The third-order valence-electron chi connectivity index (χ3n) is 4.79. The number of rotatable bonds is 5. The fourth-order valence-electron chi connectivity index (χ4n) is 3.38. The first-order valence-electron chi connectivity index (χ1n) is 7.53. The van der Waals surface area contributed by atoms with Gasteiger partial charge in [-0.05, 0) is 23.0 Å². The normalized spacial score (nSPS) is 15.2. The van der Waals surface area contributed by atoms with Crippen molar-refractivity contribution in [2.24, 2.45) is 0 Å². The van der Waals surface area contributed by atoms with Gasteiger partial charge in [-0.2, -0.15) is 0 Å². The van der Waals surface area contributed by atoms with Gasteiger partial charge in [0, 0.05) is 5.33 Å². The Morgan fingerprint density at radius 3 is 1.42 bits per heavy atom. The zero-order valence-corrected chi connectivity index (χ0v) is 18.5. The SMILES string of the molecule is CC(C)(C)[Si](C)(N(CCCBr)[Si](C)(C)C)C(C)(C)C. The molecule has 0 bridgehead atoms. The molecule has 0 fully saturated rings. The van der Waals surface area contributed by atoms with Crippen LogP contribution in [0.4, 0.5) is 0 Å². The second-order valence-electron chi connectivity index (χ2n) is 8.94. The van der Waals surface area contributed by atoms with Crippen LogP contribution in [0.2, 0.25) is 36.3 Å². The van der Waals surface area contributed by atoms with Gasteiger partial charge < -0.3 is 4.23 Å². The average molecular weight is 367 g/mol. The number of alkyl halides is 1. The zero-order chi connectivity index (χ0) is 15.7. The van der Waals surface area contributed by atoms with Gasteiger partial charge in [0.05, 0.1) is 0 Å². The van der Waals surface area contributed by atoms with Crippen molar-refractivity contribution in [2.45, 2.75) is 84.2 Å². The van der Waals surface area contributed by atoms with Crippen molar-refractivity contribution >= 4 is 32.4 Å². The molecule has 0 aliphatic carbocycles. The Morgan fingerprint density at radius 2 is 1.21 bits per heavy atom. The van der Waals surface area contributed by atoms with Crippen molar-refractivity contribution in [1.82, 2.24) is 4.23 Å². The summed E-state index contributed by atoms with van der Waals surface area (Å²) < 4.78 is 3.00. The van der Waals surface area contributed by atoms with Crippen LogP contribution in [-0.2, 0) is 0 Å².